The molecule has 6 nitrogen and oxygen atoms in total. The van der Waals surface area contributed by atoms with Crippen molar-refractivity contribution in [1.29, 1.82) is 0 Å². The van der Waals surface area contributed by atoms with Crippen molar-refractivity contribution in [2.45, 2.75) is 32.4 Å². The highest BCUT2D eigenvalue weighted by Crippen LogP contribution is 2.26. The van der Waals surface area contributed by atoms with Crippen LogP contribution in [0.15, 0.2) is 30.9 Å². The highest BCUT2D eigenvalue weighted by molar-refractivity contribution is 6.31. The number of benzene rings is 1. The Hall–Kier alpha value is -2.18. The van der Waals surface area contributed by atoms with E-state index < -0.39 is 0 Å². The van der Waals surface area contributed by atoms with Crippen LogP contribution in [-0.4, -0.2) is 32.2 Å². The Balaban J connectivity index is 1.63. The first kappa shape index (κ1) is 15.4. The van der Waals surface area contributed by atoms with Gasteiger partial charge >= 0.3 is 0 Å². The molecule has 1 unspecified atom stereocenters. The summed E-state index contributed by atoms with van der Waals surface area (Å²) in [6.45, 7) is 3.58. The van der Waals surface area contributed by atoms with E-state index in [0.29, 0.717) is 10.8 Å². The predicted octanol–water partition coefficient (Wildman–Crippen LogP) is 3.71. The van der Waals surface area contributed by atoms with Crippen molar-refractivity contribution in [3.63, 3.8) is 0 Å². The van der Waals surface area contributed by atoms with Gasteiger partial charge in [-0.3, -0.25) is 0 Å². The second kappa shape index (κ2) is 6.37. The van der Waals surface area contributed by atoms with E-state index in [1.807, 2.05) is 29.7 Å². The Bertz CT molecular complexity index is 873. The van der Waals surface area contributed by atoms with Gasteiger partial charge in [-0.2, -0.15) is 0 Å². The standard InChI is InChI=1S/C17H18ClN5O/c1-11-4-5-12(7-14(11)18)22-16-15-17(20-9-19-16)23(10-21-15)8-13-3-2-6-24-13/h4-5,7,9-10,13H,2-3,6,8H2,1H3,(H,19,20,22). The molecule has 3 heterocycles. The number of hydrogen-bond acceptors (Lipinski definition) is 5. The largest absolute Gasteiger partial charge is 0.376 e. The van der Waals surface area contributed by atoms with Crippen molar-refractivity contribution in [3.8, 4) is 0 Å². The van der Waals surface area contributed by atoms with Gasteiger partial charge in [0, 0.05) is 17.3 Å². The summed E-state index contributed by atoms with van der Waals surface area (Å²) in [5, 5.41) is 4.00. The lowest BCUT2D eigenvalue weighted by Gasteiger charge is -2.11. The molecule has 0 saturated carbocycles. The van der Waals surface area contributed by atoms with E-state index in [-0.39, 0.29) is 6.10 Å². The molecule has 124 valence electrons. The zero-order chi connectivity index (χ0) is 16.5. The normalized spacial score (nSPS) is 17.5. The monoisotopic (exact) mass is 343 g/mol. The second-order valence-electron chi connectivity index (χ2n) is 6.02. The lowest BCUT2D eigenvalue weighted by Crippen LogP contribution is -2.14. The number of aromatic nitrogens is 4. The van der Waals surface area contributed by atoms with Crippen LogP contribution < -0.4 is 5.32 Å². The summed E-state index contributed by atoms with van der Waals surface area (Å²) in [6, 6.07) is 5.83. The summed E-state index contributed by atoms with van der Waals surface area (Å²) in [4.78, 5) is 13.2. The summed E-state index contributed by atoms with van der Waals surface area (Å²) in [5.74, 6) is 0.672. The van der Waals surface area contributed by atoms with Crippen LogP contribution >= 0.6 is 11.6 Å². The zero-order valence-electron chi connectivity index (χ0n) is 13.4. The lowest BCUT2D eigenvalue weighted by atomic mass is 10.2. The van der Waals surface area contributed by atoms with Gasteiger partial charge < -0.3 is 14.6 Å². The first-order chi connectivity index (χ1) is 11.7. The van der Waals surface area contributed by atoms with E-state index in [1.54, 1.807) is 12.7 Å². The molecule has 1 atom stereocenters. The van der Waals surface area contributed by atoms with Gasteiger partial charge in [0.1, 0.15) is 6.33 Å². The molecule has 0 spiro atoms. The van der Waals surface area contributed by atoms with E-state index in [1.165, 1.54) is 0 Å². The fourth-order valence-corrected chi connectivity index (χ4v) is 3.10. The molecule has 24 heavy (non-hydrogen) atoms. The first-order valence-corrected chi connectivity index (χ1v) is 8.39. The van der Waals surface area contributed by atoms with Crippen LogP contribution in [0.5, 0.6) is 0 Å². The molecular formula is C17H18ClN5O. The van der Waals surface area contributed by atoms with Gasteiger partial charge in [0.25, 0.3) is 0 Å². The van der Waals surface area contributed by atoms with Crippen molar-refractivity contribution in [1.82, 2.24) is 19.5 Å². The number of anilines is 2. The van der Waals surface area contributed by atoms with E-state index >= 15 is 0 Å². The van der Waals surface area contributed by atoms with E-state index in [2.05, 4.69) is 20.3 Å². The number of hydrogen-bond donors (Lipinski definition) is 1. The number of rotatable bonds is 4. The number of halogens is 1. The molecule has 1 fully saturated rings. The Labute approximate surface area is 144 Å². The van der Waals surface area contributed by atoms with E-state index in [4.69, 9.17) is 16.3 Å². The number of nitrogens with zero attached hydrogens (tertiary/aromatic N) is 4. The molecule has 3 aromatic rings. The van der Waals surface area contributed by atoms with Crippen molar-refractivity contribution in [2.75, 3.05) is 11.9 Å². The molecule has 0 radical (unpaired) electrons. The average Bonchev–Trinajstić information content (AvgIpc) is 3.22. The summed E-state index contributed by atoms with van der Waals surface area (Å²) >= 11 is 6.19. The number of fused-ring (bicyclic) bond motifs is 1. The second-order valence-corrected chi connectivity index (χ2v) is 6.42. The fraction of sp³-hybridized carbons (Fsp3) is 0.353. The van der Waals surface area contributed by atoms with Gasteiger partial charge in [0.15, 0.2) is 17.0 Å². The molecule has 1 N–H and O–H groups in total. The summed E-state index contributed by atoms with van der Waals surface area (Å²) in [6.07, 6.45) is 5.79. The van der Waals surface area contributed by atoms with Crippen LogP contribution in [0.3, 0.4) is 0 Å². The zero-order valence-corrected chi connectivity index (χ0v) is 14.1. The van der Waals surface area contributed by atoms with Gasteiger partial charge in [-0.1, -0.05) is 17.7 Å². The molecule has 1 aliphatic heterocycles. The molecule has 0 bridgehead atoms. The topological polar surface area (TPSA) is 64.9 Å². The maximum Gasteiger partial charge on any atom is 0.165 e. The lowest BCUT2D eigenvalue weighted by molar-refractivity contribution is 0.0978. The number of imidazole rings is 1. The molecule has 1 aliphatic rings. The highest BCUT2D eigenvalue weighted by atomic mass is 35.5. The minimum absolute atomic E-state index is 0.240. The molecule has 0 amide bonds. The van der Waals surface area contributed by atoms with Crippen molar-refractivity contribution in [2.24, 2.45) is 0 Å². The SMILES string of the molecule is Cc1ccc(Nc2ncnc3c2ncn3CC2CCCO2)cc1Cl. The van der Waals surface area contributed by atoms with Crippen LogP contribution in [-0.2, 0) is 11.3 Å². The van der Waals surface area contributed by atoms with E-state index in [9.17, 15) is 0 Å². The Morgan fingerprint density at radius 2 is 2.25 bits per heavy atom. The third-order valence-corrected chi connectivity index (χ3v) is 4.67. The van der Waals surface area contributed by atoms with E-state index in [0.717, 1.165) is 48.4 Å². The molecule has 1 saturated heterocycles. The van der Waals surface area contributed by atoms with Gasteiger partial charge in [-0.15, -0.1) is 0 Å². The summed E-state index contributed by atoms with van der Waals surface area (Å²) in [7, 11) is 0. The summed E-state index contributed by atoms with van der Waals surface area (Å²) < 4.78 is 7.73. The van der Waals surface area contributed by atoms with Crippen LogP contribution in [0.2, 0.25) is 5.02 Å². The minimum Gasteiger partial charge on any atom is -0.376 e. The quantitative estimate of drug-likeness (QED) is 0.782. The number of nitrogens with one attached hydrogen (secondary N) is 1. The summed E-state index contributed by atoms with van der Waals surface area (Å²) in [5.41, 5.74) is 3.46. The molecule has 0 aliphatic carbocycles. The minimum atomic E-state index is 0.240. The Morgan fingerprint density at radius 3 is 3.04 bits per heavy atom. The van der Waals surface area contributed by atoms with Crippen molar-refractivity contribution >= 4 is 34.3 Å². The Kier molecular flexibility index (Phi) is 4.08. The van der Waals surface area contributed by atoms with Crippen LogP contribution in [0.25, 0.3) is 11.2 Å². The van der Waals surface area contributed by atoms with Crippen molar-refractivity contribution in [3.05, 3.63) is 41.4 Å². The number of ether oxygens (including phenoxy) is 1. The van der Waals surface area contributed by atoms with Gasteiger partial charge in [-0.25, -0.2) is 15.0 Å². The Morgan fingerprint density at radius 1 is 1.33 bits per heavy atom. The molecule has 2 aromatic heterocycles. The van der Waals surface area contributed by atoms with Gasteiger partial charge in [-0.05, 0) is 37.5 Å². The third-order valence-electron chi connectivity index (χ3n) is 4.26. The maximum absolute atomic E-state index is 6.19. The maximum atomic E-state index is 6.19. The van der Waals surface area contributed by atoms with Gasteiger partial charge in [0.05, 0.1) is 19.0 Å². The third kappa shape index (κ3) is 2.95. The van der Waals surface area contributed by atoms with Gasteiger partial charge in [0.2, 0.25) is 0 Å². The molecule has 7 heteroatoms. The predicted molar refractivity (Wildman–Crippen MR) is 93.8 cm³/mol. The van der Waals surface area contributed by atoms with Crippen LogP contribution in [0.4, 0.5) is 11.5 Å². The van der Waals surface area contributed by atoms with Crippen LogP contribution in [0, 0.1) is 6.92 Å². The fourth-order valence-electron chi connectivity index (χ4n) is 2.92. The first-order valence-electron chi connectivity index (χ1n) is 8.01. The van der Waals surface area contributed by atoms with Crippen molar-refractivity contribution < 1.29 is 4.74 Å². The van der Waals surface area contributed by atoms with Crippen LogP contribution in [0.1, 0.15) is 18.4 Å². The molecule has 1 aromatic carbocycles. The highest BCUT2D eigenvalue weighted by Gasteiger charge is 2.18. The number of aryl methyl sites for hydroxylation is 1. The smallest absolute Gasteiger partial charge is 0.165 e. The molecule has 4 rings (SSSR count). The molecular weight excluding hydrogens is 326 g/mol. The average molecular weight is 344 g/mol.